The summed E-state index contributed by atoms with van der Waals surface area (Å²) in [5.41, 5.74) is 3.60. The molecular formula is C40H34N4O4S2. The number of rotatable bonds is 12. The van der Waals surface area contributed by atoms with E-state index in [0.717, 1.165) is 38.2 Å². The van der Waals surface area contributed by atoms with Crippen LogP contribution in [0, 0.1) is 0 Å². The van der Waals surface area contributed by atoms with E-state index < -0.39 is 17.1 Å². The molecule has 0 radical (unpaired) electrons. The molecule has 3 N–H and O–H groups in total. The number of hydrogen-bond donors (Lipinski definition) is 3. The number of benzene rings is 5. The van der Waals surface area contributed by atoms with Crippen molar-refractivity contribution >= 4 is 68.5 Å². The van der Waals surface area contributed by atoms with Crippen LogP contribution in [0.2, 0.25) is 0 Å². The summed E-state index contributed by atoms with van der Waals surface area (Å²) >= 11 is 2.76. The van der Waals surface area contributed by atoms with Crippen molar-refractivity contribution in [2.75, 3.05) is 17.2 Å². The Hall–Kier alpha value is -5.71. The molecule has 0 saturated heterocycles. The first-order valence-electron chi connectivity index (χ1n) is 16.0. The normalized spacial score (nSPS) is 11.8. The monoisotopic (exact) mass is 698 g/mol. The summed E-state index contributed by atoms with van der Waals surface area (Å²) < 4.78 is 5.51. The van der Waals surface area contributed by atoms with Crippen molar-refractivity contribution in [2.45, 2.75) is 24.0 Å². The topological polar surface area (TPSA) is 109 Å². The van der Waals surface area contributed by atoms with Crippen molar-refractivity contribution in [3.63, 3.8) is 0 Å². The summed E-state index contributed by atoms with van der Waals surface area (Å²) in [6.07, 6.45) is 1.69. The summed E-state index contributed by atoms with van der Waals surface area (Å²) in [4.78, 5) is 45.2. The average Bonchev–Trinajstić information content (AvgIpc) is 3.61. The molecule has 6 aromatic rings. The molecule has 0 saturated carbocycles. The second kappa shape index (κ2) is 16.1. The average molecular weight is 699 g/mol. The molecule has 50 heavy (non-hydrogen) atoms. The molecule has 0 bridgehead atoms. The van der Waals surface area contributed by atoms with E-state index >= 15 is 0 Å². The van der Waals surface area contributed by atoms with Crippen LogP contribution in [0.25, 0.3) is 28.1 Å². The second-order valence-electron chi connectivity index (χ2n) is 11.2. The summed E-state index contributed by atoms with van der Waals surface area (Å²) in [5, 5.41) is 12.6. The van der Waals surface area contributed by atoms with Gasteiger partial charge in [0.25, 0.3) is 11.8 Å². The van der Waals surface area contributed by atoms with Crippen LogP contribution in [0.1, 0.15) is 29.8 Å². The number of nitrogens with zero attached hydrogens (tertiary/aromatic N) is 1. The fourth-order valence-corrected chi connectivity index (χ4v) is 6.70. The number of amides is 3. The number of hydrogen-bond acceptors (Lipinski definition) is 7. The van der Waals surface area contributed by atoms with E-state index in [-0.39, 0.29) is 11.6 Å². The summed E-state index contributed by atoms with van der Waals surface area (Å²) in [5.74, 6) is -0.232. The standard InChI is InChI=1S/C40H34N4O4S2/c1-3-48-32-20-16-28(17-21-32)36-25-49-40(43-36)44-37(45)26(2)50-33-22-18-31(19-23-33)41-39(47)35(42-38(46)29-11-5-4-6-12-29)24-30-14-9-13-27-10-7-8-15-34(27)30/h4-26H,3H2,1-2H3,(H,41,47)(H,42,46)(H,43,44,45)/b35-24-. The van der Waals surface area contributed by atoms with Gasteiger partial charge in [0, 0.05) is 27.1 Å². The number of carbonyl (C=O) groups is 3. The molecule has 6 rings (SSSR count). The minimum Gasteiger partial charge on any atom is -0.494 e. The van der Waals surface area contributed by atoms with Crippen molar-refractivity contribution in [1.29, 1.82) is 0 Å². The molecule has 8 nitrogen and oxygen atoms in total. The predicted octanol–water partition coefficient (Wildman–Crippen LogP) is 8.89. The minimum absolute atomic E-state index is 0.104. The first kappa shape index (κ1) is 34.2. The number of thioether (sulfide) groups is 1. The summed E-state index contributed by atoms with van der Waals surface area (Å²) in [6, 6.07) is 37.3. The number of thiazole rings is 1. The van der Waals surface area contributed by atoms with E-state index in [4.69, 9.17) is 4.74 Å². The van der Waals surface area contributed by atoms with Crippen LogP contribution in [-0.2, 0) is 9.59 Å². The Labute approximate surface area is 298 Å². The smallest absolute Gasteiger partial charge is 0.272 e. The van der Waals surface area contributed by atoms with Crippen molar-refractivity contribution in [3.8, 4) is 17.0 Å². The van der Waals surface area contributed by atoms with Gasteiger partial charge in [0.2, 0.25) is 5.91 Å². The maximum Gasteiger partial charge on any atom is 0.272 e. The van der Waals surface area contributed by atoms with Gasteiger partial charge < -0.3 is 20.7 Å². The Morgan fingerprint density at radius 2 is 1.56 bits per heavy atom. The molecule has 3 amide bonds. The van der Waals surface area contributed by atoms with E-state index in [1.54, 1.807) is 42.5 Å². The van der Waals surface area contributed by atoms with Gasteiger partial charge in [0.15, 0.2) is 5.13 Å². The van der Waals surface area contributed by atoms with Gasteiger partial charge in [-0.05, 0) is 96.9 Å². The number of anilines is 2. The van der Waals surface area contributed by atoms with Crippen LogP contribution in [0.5, 0.6) is 5.75 Å². The van der Waals surface area contributed by atoms with Gasteiger partial charge in [-0.1, -0.05) is 60.7 Å². The van der Waals surface area contributed by atoms with Gasteiger partial charge in [-0.3, -0.25) is 14.4 Å². The lowest BCUT2D eigenvalue weighted by atomic mass is 10.0. The SMILES string of the molecule is CCOc1ccc(-c2csc(NC(=O)C(C)Sc3ccc(NC(=O)/C(=C/c4cccc5ccccc45)NC(=O)c4ccccc4)cc3)n2)cc1. The predicted molar refractivity (Wildman–Crippen MR) is 204 cm³/mol. The molecule has 1 aromatic heterocycles. The lowest BCUT2D eigenvalue weighted by Gasteiger charge is -2.13. The number of nitrogens with one attached hydrogen (secondary N) is 3. The zero-order valence-corrected chi connectivity index (χ0v) is 29.0. The molecule has 5 aromatic carbocycles. The third-order valence-corrected chi connectivity index (χ3v) is 9.51. The fourth-order valence-electron chi connectivity index (χ4n) is 5.11. The molecule has 0 aliphatic carbocycles. The van der Waals surface area contributed by atoms with Crippen LogP contribution < -0.4 is 20.7 Å². The zero-order chi connectivity index (χ0) is 34.9. The highest BCUT2D eigenvalue weighted by atomic mass is 32.2. The Balaban J connectivity index is 1.10. The minimum atomic E-state index is -0.469. The maximum absolute atomic E-state index is 13.6. The van der Waals surface area contributed by atoms with Crippen LogP contribution in [-0.4, -0.2) is 34.6 Å². The first-order valence-corrected chi connectivity index (χ1v) is 17.8. The van der Waals surface area contributed by atoms with Crippen molar-refractivity contribution < 1.29 is 19.1 Å². The molecule has 1 unspecified atom stereocenters. The quantitative estimate of drug-likeness (QED) is 0.0870. The molecule has 0 spiro atoms. The largest absolute Gasteiger partial charge is 0.494 e. The van der Waals surface area contributed by atoms with E-state index in [1.807, 2.05) is 104 Å². The van der Waals surface area contributed by atoms with Gasteiger partial charge in [-0.25, -0.2) is 4.98 Å². The van der Waals surface area contributed by atoms with E-state index in [2.05, 4.69) is 20.9 Å². The fraction of sp³-hybridized carbons (Fsp3) is 0.100. The number of aromatic nitrogens is 1. The van der Waals surface area contributed by atoms with E-state index in [1.165, 1.54) is 23.1 Å². The first-order chi connectivity index (χ1) is 24.4. The molecule has 250 valence electrons. The lowest BCUT2D eigenvalue weighted by Crippen LogP contribution is -2.30. The molecule has 0 aliphatic heterocycles. The molecule has 1 atom stereocenters. The highest BCUT2D eigenvalue weighted by molar-refractivity contribution is 8.00. The molecule has 0 fully saturated rings. The highest BCUT2D eigenvalue weighted by Crippen LogP contribution is 2.29. The van der Waals surface area contributed by atoms with Crippen molar-refractivity contribution in [2.24, 2.45) is 0 Å². The van der Waals surface area contributed by atoms with Gasteiger partial charge in [-0.15, -0.1) is 23.1 Å². The second-order valence-corrected chi connectivity index (χ2v) is 13.4. The Kier molecular flexibility index (Phi) is 11.0. The number of fused-ring (bicyclic) bond motifs is 1. The third-order valence-electron chi connectivity index (χ3n) is 7.64. The van der Waals surface area contributed by atoms with Crippen LogP contribution in [0.4, 0.5) is 10.8 Å². The molecule has 0 aliphatic rings. The van der Waals surface area contributed by atoms with E-state index in [9.17, 15) is 14.4 Å². The third kappa shape index (κ3) is 8.65. The molecular weight excluding hydrogens is 665 g/mol. The molecule has 10 heteroatoms. The van der Waals surface area contributed by atoms with Crippen molar-refractivity contribution in [1.82, 2.24) is 10.3 Å². The summed E-state index contributed by atoms with van der Waals surface area (Å²) in [7, 11) is 0. The Bertz CT molecular complexity index is 2140. The van der Waals surface area contributed by atoms with E-state index in [0.29, 0.717) is 23.0 Å². The molecule has 1 heterocycles. The van der Waals surface area contributed by atoms with Crippen molar-refractivity contribution in [3.05, 3.63) is 144 Å². The van der Waals surface area contributed by atoms with Crippen LogP contribution in [0.15, 0.2) is 137 Å². The van der Waals surface area contributed by atoms with Gasteiger partial charge in [-0.2, -0.15) is 0 Å². The maximum atomic E-state index is 13.6. The lowest BCUT2D eigenvalue weighted by molar-refractivity contribution is -0.115. The van der Waals surface area contributed by atoms with Crippen LogP contribution >= 0.6 is 23.1 Å². The Morgan fingerprint density at radius 3 is 2.32 bits per heavy atom. The Morgan fingerprint density at radius 1 is 0.840 bits per heavy atom. The zero-order valence-electron chi connectivity index (χ0n) is 27.4. The summed E-state index contributed by atoms with van der Waals surface area (Å²) in [6.45, 7) is 4.37. The highest BCUT2D eigenvalue weighted by Gasteiger charge is 2.18. The number of carbonyl (C=O) groups excluding carboxylic acids is 3. The van der Waals surface area contributed by atoms with Crippen LogP contribution in [0.3, 0.4) is 0 Å². The number of ether oxygens (including phenoxy) is 1. The van der Waals surface area contributed by atoms with Gasteiger partial charge in [0.05, 0.1) is 17.6 Å². The van der Waals surface area contributed by atoms with Gasteiger partial charge >= 0.3 is 0 Å². The van der Waals surface area contributed by atoms with Gasteiger partial charge in [0.1, 0.15) is 11.4 Å².